The van der Waals surface area contributed by atoms with Crippen LogP contribution in [-0.4, -0.2) is 13.2 Å². The van der Waals surface area contributed by atoms with E-state index in [2.05, 4.69) is 49.5 Å². The Balaban J connectivity index is 2.32. The van der Waals surface area contributed by atoms with Gasteiger partial charge in [0.2, 0.25) is 0 Å². The van der Waals surface area contributed by atoms with Gasteiger partial charge in [0.05, 0.1) is 6.61 Å². The molecule has 0 heterocycles. The highest BCUT2D eigenvalue weighted by Gasteiger charge is 2.05. The van der Waals surface area contributed by atoms with Crippen LogP contribution in [0.3, 0.4) is 0 Å². The second-order valence-corrected chi connectivity index (χ2v) is 4.90. The molecule has 0 aliphatic carbocycles. The zero-order chi connectivity index (χ0) is 14.4. The summed E-state index contributed by atoms with van der Waals surface area (Å²) in [6, 6.07) is 15.0. The van der Waals surface area contributed by atoms with Gasteiger partial charge in [-0.15, -0.1) is 0 Å². The lowest BCUT2D eigenvalue weighted by Gasteiger charge is -2.12. The average Bonchev–Trinajstić information content (AvgIpc) is 2.47. The number of hydrogen-bond acceptors (Lipinski definition) is 2. The summed E-state index contributed by atoms with van der Waals surface area (Å²) in [5, 5.41) is 3.40. The van der Waals surface area contributed by atoms with E-state index in [-0.39, 0.29) is 0 Å². The van der Waals surface area contributed by atoms with Crippen molar-refractivity contribution in [3.63, 3.8) is 0 Å². The van der Waals surface area contributed by atoms with Crippen LogP contribution in [0.1, 0.15) is 25.0 Å². The smallest absolute Gasteiger partial charge is 0.119 e. The fraction of sp³-hybridized carbons (Fsp3) is 0.333. The Hall–Kier alpha value is -1.80. The summed E-state index contributed by atoms with van der Waals surface area (Å²) >= 11 is 0. The number of nitrogens with one attached hydrogen (secondary N) is 1. The van der Waals surface area contributed by atoms with Crippen LogP contribution < -0.4 is 10.1 Å². The molecule has 0 aromatic heterocycles. The minimum Gasteiger partial charge on any atom is -0.494 e. The SMILES string of the molecule is CCNCc1ccc(C)cc1-c1ccc(OCC)cc1. The van der Waals surface area contributed by atoms with Crippen LogP contribution in [0.25, 0.3) is 11.1 Å². The van der Waals surface area contributed by atoms with E-state index in [1.807, 2.05) is 19.1 Å². The highest BCUT2D eigenvalue weighted by Crippen LogP contribution is 2.27. The molecule has 2 nitrogen and oxygen atoms in total. The first-order chi connectivity index (χ1) is 9.74. The molecule has 1 N–H and O–H groups in total. The van der Waals surface area contributed by atoms with Crippen LogP contribution >= 0.6 is 0 Å². The zero-order valence-corrected chi connectivity index (χ0v) is 12.6. The lowest BCUT2D eigenvalue weighted by Crippen LogP contribution is -2.12. The van der Waals surface area contributed by atoms with E-state index in [4.69, 9.17) is 4.74 Å². The molecule has 2 rings (SSSR count). The summed E-state index contributed by atoms with van der Waals surface area (Å²) in [5.41, 5.74) is 5.16. The number of ether oxygens (including phenoxy) is 1. The summed E-state index contributed by atoms with van der Waals surface area (Å²) in [6.45, 7) is 8.86. The van der Waals surface area contributed by atoms with E-state index in [9.17, 15) is 0 Å². The number of aryl methyl sites for hydroxylation is 1. The van der Waals surface area contributed by atoms with Gasteiger partial charge >= 0.3 is 0 Å². The zero-order valence-electron chi connectivity index (χ0n) is 12.6. The molecule has 2 aromatic carbocycles. The van der Waals surface area contributed by atoms with Crippen molar-refractivity contribution in [2.45, 2.75) is 27.3 Å². The van der Waals surface area contributed by atoms with Gasteiger partial charge in [-0.1, -0.05) is 42.8 Å². The summed E-state index contributed by atoms with van der Waals surface area (Å²) in [5.74, 6) is 0.928. The predicted molar refractivity (Wildman–Crippen MR) is 85.2 cm³/mol. The van der Waals surface area contributed by atoms with E-state index in [0.29, 0.717) is 6.61 Å². The van der Waals surface area contributed by atoms with Gasteiger partial charge < -0.3 is 10.1 Å². The lowest BCUT2D eigenvalue weighted by molar-refractivity contribution is 0.340. The van der Waals surface area contributed by atoms with Crippen LogP contribution in [0.4, 0.5) is 0 Å². The maximum Gasteiger partial charge on any atom is 0.119 e. The molecule has 2 aromatic rings. The number of rotatable bonds is 6. The molecular weight excluding hydrogens is 246 g/mol. The Bertz CT molecular complexity index is 546. The van der Waals surface area contributed by atoms with Crippen LogP contribution in [0.5, 0.6) is 5.75 Å². The first kappa shape index (κ1) is 14.6. The Labute approximate surface area is 121 Å². The molecule has 0 unspecified atom stereocenters. The summed E-state index contributed by atoms with van der Waals surface area (Å²) in [4.78, 5) is 0. The summed E-state index contributed by atoms with van der Waals surface area (Å²) < 4.78 is 5.50. The molecule has 0 spiro atoms. The van der Waals surface area contributed by atoms with Crippen molar-refractivity contribution in [3.05, 3.63) is 53.6 Å². The van der Waals surface area contributed by atoms with Crippen molar-refractivity contribution < 1.29 is 4.74 Å². The van der Waals surface area contributed by atoms with E-state index in [1.54, 1.807) is 0 Å². The second kappa shape index (κ2) is 7.11. The van der Waals surface area contributed by atoms with Crippen molar-refractivity contribution in [3.8, 4) is 16.9 Å². The van der Waals surface area contributed by atoms with Gasteiger partial charge in [-0.25, -0.2) is 0 Å². The standard InChI is InChI=1S/C18H23NO/c1-4-19-13-16-7-6-14(3)12-18(16)15-8-10-17(11-9-15)20-5-2/h6-12,19H,4-5,13H2,1-3H3. The fourth-order valence-electron chi connectivity index (χ4n) is 2.27. The molecule has 0 atom stereocenters. The Morgan fingerprint density at radius 1 is 1.00 bits per heavy atom. The molecule has 0 aliphatic rings. The normalized spacial score (nSPS) is 10.6. The number of benzene rings is 2. The molecule has 0 saturated carbocycles. The van der Waals surface area contributed by atoms with Gasteiger partial charge in [-0.05, 0) is 49.2 Å². The maximum atomic E-state index is 5.50. The topological polar surface area (TPSA) is 21.3 Å². The summed E-state index contributed by atoms with van der Waals surface area (Å²) in [6.07, 6.45) is 0. The van der Waals surface area contributed by atoms with E-state index < -0.39 is 0 Å². The molecule has 2 heteroatoms. The monoisotopic (exact) mass is 269 g/mol. The lowest BCUT2D eigenvalue weighted by atomic mass is 9.97. The van der Waals surface area contributed by atoms with Crippen LogP contribution in [-0.2, 0) is 6.54 Å². The van der Waals surface area contributed by atoms with Gasteiger partial charge in [-0.3, -0.25) is 0 Å². The molecule has 0 aliphatic heterocycles. The van der Waals surface area contributed by atoms with Gasteiger partial charge in [0.1, 0.15) is 5.75 Å². The summed E-state index contributed by atoms with van der Waals surface area (Å²) in [7, 11) is 0. The largest absolute Gasteiger partial charge is 0.494 e. The first-order valence-electron chi connectivity index (χ1n) is 7.28. The van der Waals surface area contributed by atoms with Gasteiger partial charge in [-0.2, -0.15) is 0 Å². The predicted octanol–water partition coefficient (Wildman–Crippen LogP) is 4.17. The van der Waals surface area contributed by atoms with Crippen LogP contribution in [0.15, 0.2) is 42.5 Å². The third-order valence-corrected chi connectivity index (χ3v) is 3.31. The van der Waals surface area contributed by atoms with Crippen molar-refractivity contribution in [2.75, 3.05) is 13.2 Å². The van der Waals surface area contributed by atoms with Crippen molar-refractivity contribution in [2.24, 2.45) is 0 Å². The van der Waals surface area contributed by atoms with Gasteiger partial charge in [0, 0.05) is 6.54 Å². The molecule has 0 fully saturated rings. The Morgan fingerprint density at radius 2 is 1.75 bits per heavy atom. The van der Waals surface area contributed by atoms with Crippen LogP contribution in [0.2, 0.25) is 0 Å². The molecule has 0 amide bonds. The minimum absolute atomic E-state index is 0.704. The van der Waals surface area contributed by atoms with Gasteiger partial charge in [0.25, 0.3) is 0 Å². The molecule has 0 bridgehead atoms. The fourth-order valence-corrected chi connectivity index (χ4v) is 2.27. The average molecular weight is 269 g/mol. The molecular formula is C18H23NO. The Kier molecular flexibility index (Phi) is 5.19. The van der Waals surface area contributed by atoms with Crippen molar-refractivity contribution in [1.29, 1.82) is 0 Å². The highest BCUT2D eigenvalue weighted by molar-refractivity contribution is 5.68. The first-order valence-corrected chi connectivity index (χ1v) is 7.28. The second-order valence-electron chi connectivity index (χ2n) is 4.90. The van der Waals surface area contributed by atoms with Crippen molar-refractivity contribution >= 4 is 0 Å². The third-order valence-electron chi connectivity index (χ3n) is 3.31. The third kappa shape index (κ3) is 3.61. The van der Waals surface area contributed by atoms with Crippen LogP contribution in [0, 0.1) is 6.92 Å². The molecule has 20 heavy (non-hydrogen) atoms. The van der Waals surface area contributed by atoms with E-state index in [0.717, 1.165) is 18.8 Å². The quantitative estimate of drug-likeness (QED) is 0.849. The Morgan fingerprint density at radius 3 is 2.40 bits per heavy atom. The van der Waals surface area contributed by atoms with Crippen molar-refractivity contribution in [1.82, 2.24) is 5.32 Å². The van der Waals surface area contributed by atoms with E-state index in [1.165, 1.54) is 22.3 Å². The minimum atomic E-state index is 0.704. The molecule has 106 valence electrons. The van der Waals surface area contributed by atoms with Gasteiger partial charge in [0.15, 0.2) is 0 Å². The van der Waals surface area contributed by atoms with E-state index >= 15 is 0 Å². The molecule has 0 radical (unpaired) electrons. The number of hydrogen-bond donors (Lipinski definition) is 1. The maximum absolute atomic E-state index is 5.50. The highest BCUT2D eigenvalue weighted by atomic mass is 16.5. The molecule has 0 saturated heterocycles.